The van der Waals surface area contributed by atoms with Gasteiger partial charge in [-0.3, -0.25) is 9.59 Å². The zero-order chi connectivity index (χ0) is 13.3. The summed E-state index contributed by atoms with van der Waals surface area (Å²) in [5, 5.41) is 3.05. The lowest BCUT2D eigenvalue weighted by atomic mass is 9.92. The van der Waals surface area contributed by atoms with Crippen molar-refractivity contribution in [3.8, 4) is 0 Å². The number of carbonyl (C=O) groups is 2. The minimum absolute atomic E-state index is 0.127. The second-order valence-corrected chi connectivity index (χ2v) is 5.46. The average molecular weight is 308 g/mol. The number of fused-ring (bicyclic) bond motifs is 1. The van der Waals surface area contributed by atoms with Crippen molar-refractivity contribution in [1.29, 1.82) is 0 Å². The van der Waals surface area contributed by atoms with E-state index in [1.165, 1.54) is 0 Å². The molecule has 0 unspecified atom stereocenters. The van der Waals surface area contributed by atoms with Gasteiger partial charge >= 0.3 is 0 Å². The van der Waals surface area contributed by atoms with E-state index in [1.807, 2.05) is 13.8 Å². The first-order chi connectivity index (χ1) is 8.52. The standard InChI is InChI=1S/C14H14BrNO2/c1-8(2)7-16-12-11(15)13(17)9-5-3-4-6-10(9)14(12)18/h3-6,8,16H,7H2,1-2H3. The molecule has 0 bridgehead atoms. The topological polar surface area (TPSA) is 46.2 Å². The zero-order valence-electron chi connectivity index (χ0n) is 10.3. The van der Waals surface area contributed by atoms with Crippen LogP contribution in [0.15, 0.2) is 34.4 Å². The van der Waals surface area contributed by atoms with Gasteiger partial charge in [-0.1, -0.05) is 38.1 Å². The number of rotatable bonds is 3. The Morgan fingerprint density at radius 2 is 1.67 bits per heavy atom. The molecule has 0 spiro atoms. The quantitative estimate of drug-likeness (QED) is 0.934. The predicted octanol–water partition coefficient (Wildman–Crippen LogP) is 2.92. The van der Waals surface area contributed by atoms with Crippen LogP contribution in [0.3, 0.4) is 0 Å². The van der Waals surface area contributed by atoms with E-state index in [1.54, 1.807) is 24.3 Å². The minimum Gasteiger partial charge on any atom is -0.381 e. The summed E-state index contributed by atoms with van der Waals surface area (Å²) in [6, 6.07) is 6.89. The molecule has 0 atom stereocenters. The summed E-state index contributed by atoms with van der Waals surface area (Å²) >= 11 is 3.23. The molecule has 1 aromatic carbocycles. The molecule has 4 heteroatoms. The van der Waals surface area contributed by atoms with Crippen LogP contribution >= 0.6 is 15.9 Å². The van der Waals surface area contributed by atoms with Crippen molar-refractivity contribution >= 4 is 27.5 Å². The van der Waals surface area contributed by atoms with Crippen LogP contribution in [0.4, 0.5) is 0 Å². The Morgan fingerprint density at radius 1 is 1.11 bits per heavy atom. The number of ketones is 2. The normalized spacial score (nSPS) is 15.1. The van der Waals surface area contributed by atoms with E-state index in [4.69, 9.17) is 0 Å². The molecule has 1 aliphatic carbocycles. The summed E-state index contributed by atoms with van der Waals surface area (Å²) in [7, 11) is 0. The molecule has 0 aliphatic heterocycles. The van der Waals surface area contributed by atoms with Gasteiger partial charge in [0.15, 0.2) is 0 Å². The van der Waals surface area contributed by atoms with E-state index in [0.717, 1.165) is 0 Å². The first-order valence-corrected chi connectivity index (χ1v) is 6.63. The lowest BCUT2D eigenvalue weighted by Gasteiger charge is -2.19. The molecule has 1 aliphatic rings. The van der Waals surface area contributed by atoms with Crippen molar-refractivity contribution in [2.24, 2.45) is 5.92 Å². The maximum Gasteiger partial charge on any atom is 0.210 e. The van der Waals surface area contributed by atoms with Gasteiger partial charge in [-0.25, -0.2) is 0 Å². The summed E-state index contributed by atoms with van der Waals surface area (Å²) < 4.78 is 0.326. The lowest BCUT2D eigenvalue weighted by molar-refractivity contribution is 0.0975. The third kappa shape index (κ3) is 2.25. The molecule has 0 amide bonds. The molecule has 0 fully saturated rings. The van der Waals surface area contributed by atoms with Gasteiger partial charge in [0, 0.05) is 17.7 Å². The van der Waals surface area contributed by atoms with Gasteiger partial charge in [0.2, 0.25) is 11.6 Å². The largest absolute Gasteiger partial charge is 0.381 e. The van der Waals surface area contributed by atoms with Crippen LogP contribution in [-0.4, -0.2) is 18.1 Å². The molecule has 2 rings (SSSR count). The van der Waals surface area contributed by atoms with E-state index >= 15 is 0 Å². The highest BCUT2D eigenvalue weighted by Crippen LogP contribution is 2.28. The number of hydrogen-bond acceptors (Lipinski definition) is 3. The van der Waals surface area contributed by atoms with Crippen molar-refractivity contribution < 1.29 is 9.59 Å². The molecule has 1 aromatic rings. The first-order valence-electron chi connectivity index (χ1n) is 5.84. The van der Waals surface area contributed by atoms with Crippen LogP contribution in [-0.2, 0) is 0 Å². The highest BCUT2D eigenvalue weighted by Gasteiger charge is 2.30. The number of allylic oxidation sites excluding steroid dienone is 2. The highest BCUT2D eigenvalue weighted by atomic mass is 79.9. The Morgan fingerprint density at radius 3 is 2.22 bits per heavy atom. The Hall–Kier alpha value is -1.42. The Bertz CT molecular complexity index is 546. The summed E-state index contributed by atoms with van der Waals surface area (Å²) in [6.07, 6.45) is 0. The summed E-state index contributed by atoms with van der Waals surface area (Å²) in [5.74, 6) is 0.132. The van der Waals surface area contributed by atoms with Crippen LogP contribution in [0.5, 0.6) is 0 Å². The Balaban J connectivity index is 2.40. The smallest absolute Gasteiger partial charge is 0.210 e. The third-order valence-corrected chi connectivity index (χ3v) is 3.51. The number of benzene rings is 1. The molecule has 0 saturated heterocycles. The number of halogens is 1. The maximum atomic E-state index is 12.3. The van der Waals surface area contributed by atoms with Crippen LogP contribution in [0.25, 0.3) is 0 Å². The van der Waals surface area contributed by atoms with Gasteiger partial charge in [0.25, 0.3) is 0 Å². The van der Waals surface area contributed by atoms with Gasteiger partial charge < -0.3 is 5.32 Å². The second kappa shape index (κ2) is 5.06. The third-order valence-electron chi connectivity index (χ3n) is 2.75. The average Bonchev–Trinajstić information content (AvgIpc) is 2.36. The fourth-order valence-electron chi connectivity index (χ4n) is 1.81. The number of carbonyl (C=O) groups excluding carboxylic acids is 2. The SMILES string of the molecule is CC(C)CNC1=C(Br)C(=O)c2ccccc2C1=O. The lowest BCUT2D eigenvalue weighted by Crippen LogP contribution is -2.30. The van der Waals surface area contributed by atoms with Crippen LogP contribution < -0.4 is 5.32 Å². The fraction of sp³-hybridized carbons (Fsp3) is 0.286. The number of hydrogen-bond donors (Lipinski definition) is 1. The Labute approximate surface area is 114 Å². The molecule has 0 radical (unpaired) electrons. The monoisotopic (exact) mass is 307 g/mol. The molecule has 1 N–H and O–H groups in total. The van der Waals surface area contributed by atoms with E-state index < -0.39 is 0 Å². The molecule has 0 heterocycles. The van der Waals surface area contributed by atoms with Gasteiger partial charge in [0.05, 0.1) is 4.48 Å². The van der Waals surface area contributed by atoms with Crippen molar-refractivity contribution in [3.63, 3.8) is 0 Å². The summed E-state index contributed by atoms with van der Waals surface area (Å²) in [6.45, 7) is 4.75. The summed E-state index contributed by atoms with van der Waals surface area (Å²) in [5.41, 5.74) is 1.30. The maximum absolute atomic E-state index is 12.3. The second-order valence-electron chi connectivity index (χ2n) is 4.67. The zero-order valence-corrected chi connectivity index (χ0v) is 11.9. The van der Waals surface area contributed by atoms with E-state index in [2.05, 4.69) is 21.2 Å². The molecule has 0 aromatic heterocycles. The first kappa shape index (κ1) is 13.0. The van der Waals surface area contributed by atoms with Crippen molar-refractivity contribution in [3.05, 3.63) is 45.6 Å². The van der Waals surface area contributed by atoms with Gasteiger partial charge in [-0.15, -0.1) is 0 Å². The minimum atomic E-state index is -0.142. The van der Waals surface area contributed by atoms with Crippen LogP contribution in [0.2, 0.25) is 0 Å². The van der Waals surface area contributed by atoms with Gasteiger partial charge in [-0.05, 0) is 21.8 Å². The molecular formula is C14H14BrNO2. The molecule has 0 saturated carbocycles. The molecular weight excluding hydrogens is 294 g/mol. The van der Waals surface area contributed by atoms with Gasteiger partial charge in [-0.2, -0.15) is 0 Å². The van der Waals surface area contributed by atoms with Crippen LogP contribution in [0, 0.1) is 5.92 Å². The van der Waals surface area contributed by atoms with E-state index in [0.29, 0.717) is 33.8 Å². The number of Topliss-reactive ketones (excluding diaryl/α,β-unsaturated/α-hetero) is 2. The van der Waals surface area contributed by atoms with Crippen molar-refractivity contribution in [2.75, 3.05) is 6.54 Å². The van der Waals surface area contributed by atoms with Crippen molar-refractivity contribution in [1.82, 2.24) is 5.32 Å². The number of nitrogens with one attached hydrogen (secondary N) is 1. The van der Waals surface area contributed by atoms with Crippen LogP contribution in [0.1, 0.15) is 34.6 Å². The Kier molecular flexibility index (Phi) is 3.66. The highest BCUT2D eigenvalue weighted by molar-refractivity contribution is 9.12. The molecule has 3 nitrogen and oxygen atoms in total. The molecule has 18 heavy (non-hydrogen) atoms. The van der Waals surface area contributed by atoms with E-state index in [9.17, 15) is 9.59 Å². The van der Waals surface area contributed by atoms with Gasteiger partial charge in [0.1, 0.15) is 5.70 Å². The fourth-order valence-corrected chi connectivity index (χ4v) is 2.34. The summed E-state index contributed by atoms with van der Waals surface area (Å²) in [4.78, 5) is 24.4. The van der Waals surface area contributed by atoms with E-state index in [-0.39, 0.29) is 11.6 Å². The van der Waals surface area contributed by atoms with Crippen molar-refractivity contribution in [2.45, 2.75) is 13.8 Å². The molecule has 94 valence electrons. The predicted molar refractivity (Wildman–Crippen MR) is 73.9 cm³/mol.